The molecule has 158 valence electrons. The molecule has 6 nitrogen and oxygen atoms in total. The van der Waals surface area contributed by atoms with Crippen LogP contribution in [0.2, 0.25) is 0 Å². The second-order valence-corrected chi connectivity index (χ2v) is 8.65. The first-order valence-corrected chi connectivity index (χ1v) is 10.8. The van der Waals surface area contributed by atoms with E-state index in [-0.39, 0.29) is 5.91 Å². The van der Waals surface area contributed by atoms with Crippen molar-refractivity contribution in [3.8, 4) is 11.5 Å². The molecular formula is C23H21N3O3S2. The van der Waals surface area contributed by atoms with Gasteiger partial charge in [-0.05, 0) is 79.7 Å². The van der Waals surface area contributed by atoms with E-state index in [4.69, 9.17) is 21.7 Å². The van der Waals surface area contributed by atoms with Crippen LogP contribution in [-0.4, -0.2) is 27.0 Å². The number of thiocarbonyl (C=S) groups is 1. The topological polar surface area (TPSA) is 56.6 Å². The molecule has 1 aliphatic heterocycles. The fourth-order valence-electron chi connectivity index (χ4n) is 3.29. The maximum absolute atomic E-state index is 13.1. The lowest BCUT2D eigenvalue weighted by Gasteiger charge is -2.20. The lowest BCUT2D eigenvalue weighted by Crippen LogP contribution is -2.39. The summed E-state index contributed by atoms with van der Waals surface area (Å²) in [7, 11) is 1.59. The first-order valence-electron chi connectivity index (χ1n) is 9.61. The molecule has 2 aromatic heterocycles. The van der Waals surface area contributed by atoms with Crippen molar-refractivity contribution in [2.75, 3.05) is 12.1 Å². The third-order valence-corrected chi connectivity index (χ3v) is 6.12. The van der Waals surface area contributed by atoms with Gasteiger partial charge in [0, 0.05) is 23.8 Å². The zero-order chi connectivity index (χ0) is 22.0. The Balaban J connectivity index is 1.56. The number of hydrogen-bond acceptors (Lipinski definition) is 6. The van der Waals surface area contributed by atoms with E-state index in [0.717, 1.165) is 22.5 Å². The van der Waals surface area contributed by atoms with E-state index < -0.39 is 0 Å². The van der Waals surface area contributed by atoms with Crippen molar-refractivity contribution < 1.29 is 14.3 Å². The van der Waals surface area contributed by atoms with Gasteiger partial charge in [-0.1, -0.05) is 17.8 Å². The van der Waals surface area contributed by atoms with Gasteiger partial charge in [-0.25, -0.2) is 0 Å². The van der Waals surface area contributed by atoms with Gasteiger partial charge in [-0.2, -0.15) is 5.01 Å². The number of methoxy groups -OCH3 is 1. The van der Waals surface area contributed by atoms with Crippen LogP contribution in [0.15, 0.2) is 59.8 Å². The Morgan fingerprint density at radius 1 is 1.06 bits per heavy atom. The van der Waals surface area contributed by atoms with Crippen LogP contribution >= 0.6 is 24.0 Å². The Morgan fingerprint density at radius 2 is 1.77 bits per heavy atom. The minimum atomic E-state index is -0.144. The number of aromatic nitrogens is 2. The largest absolute Gasteiger partial charge is 0.493 e. The lowest BCUT2D eigenvalue weighted by molar-refractivity contribution is -0.114. The fraction of sp³-hybridized carbons (Fsp3) is 0.174. The third kappa shape index (κ3) is 4.35. The number of aryl methyl sites for hydroxylation is 2. The van der Waals surface area contributed by atoms with Crippen LogP contribution in [-0.2, 0) is 11.4 Å². The molecule has 0 aliphatic carbocycles. The van der Waals surface area contributed by atoms with E-state index in [0.29, 0.717) is 27.3 Å². The van der Waals surface area contributed by atoms with Crippen LogP contribution in [0.25, 0.3) is 6.08 Å². The number of carbonyl (C=O) groups is 1. The number of thioether (sulfide) groups is 1. The fourth-order valence-corrected chi connectivity index (χ4v) is 4.53. The quantitative estimate of drug-likeness (QED) is 0.403. The molecule has 3 aromatic rings. The van der Waals surface area contributed by atoms with Crippen LogP contribution in [0.4, 0.5) is 0 Å². The Kier molecular flexibility index (Phi) is 6.11. The van der Waals surface area contributed by atoms with Crippen LogP contribution in [0.1, 0.15) is 22.5 Å². The van der Waals surface area contributed by atoms with Crippen LogP contribution in [0, 0.1) is 13.8 Å². The van der Waals surface area contributed by atoms with Crippen molar-refractivity contribution in [3.05, 3.63) is 82.3 Å². The molecule has 4 rings (SSSR count). The maximum atomic E-state index is 13.1. The summed E-state index contributed by atoms with van der Waals surface area (Å²) < 4.78 is 13.7. The SMILES string of the molecule is COc1cc(/C=C2/SC(=S)N(n3c(C)ccc3C)C2=O)ccc1OCc1ccncc1. The molecular weight excluding hydrogens is 430 g/mol. The molecule has 1 amide bonds. The average molecular weight is 452 g/mol. The monoisotopic (exact) mass is 451 g/mol. The Labute approximate surface area is 190 Å². The van der Waals surface area contributed by atoms with Gasteiger partial charge in [0.05, 0.1) is 12.0 Å². The molecule has 1 aromatic carbocycles. The standard InChI is InChI=1S/C23H21N3O3S2/c1-15-4-5-16(2)25(15)26-22(27)21(31-23(26)30)13-18-6-7-19(20(12-18)28-3)29-14-17-8-10-24-11-9-17/h4-13H,14H2,1-3H3/b21-13+. The Bertz CT molecular complexity index is 1150. The molecule has 0 atom stereocenters. The van der Waals surface area contributed by atoms with Gasteiger partial charge in [0.25, 0.3) is 5.91 Å². The molecule has 0 bridgehead atoms. The first-order chi connectivity index (χ1) is 15.0. The van der Waals surface area contributed by atoms with Crippen LogP contribution in [0.3, 0.4) is 0 Å². The number of amides is 1. The number of rotatable bonds is 6. The van der Waals surface area contributed by atoms with Crippen molar-refractivity contribution >= 4 is 40.3 Å². The van der Waals surface area contributed by atoms with Crippen molar-refractivity contribution in [2.45, 2.75) is 20.5 Å². The second kappa shape index (κ2) is 8.95. The maximum Gasteiger partial charge on any atom is 0.285 e. The van der Waals surface area contributed by atoms with Gasteiger partial charge in [-0.15, -0.1) is 0 Å². The molecule has 0 spiro atoms. The minimum Gasteiger partial charge on any atom is -0.493 e. The molecule has 8 heteroatoms. The molecule has 3 heterocycles. The summed E-state index contributed by atoms with van der Waals surface area (Å²) in [6, 6.07) is 13.3. The van der Waals surface area contributed by atoms with Gasteiger partial charge in [0.15, 0.2) is 15.8 Å². The molecule has 0 radical (unpaired) electrons. The minimum absolute atomic E-state index is 0.144. The smallest absolute Gasteiger partial charge is 0.285 e. The van der Waals surface area contributed by atoms with Crippen molar-refractivity contribution in [2.24, 2.45) is 0 Å². The van der Waals surface area contributed by atoms with E-state index in [1.165, 1.54) is 11.8 Å². The summed E-state index contributed by atoms with van der Waals surface area (Å²) in [6.07, 6.45) is 5.28. The number of ether oxygens (including phenoxy) is 2. The predicted octanol–water partition coefficient (Wildman–Crippen LogP) is 4.62. The van der Waals surface area contributed by atoms with E-state index in [1.54, 1.807) is 24.5 Å². The van der Waals surface area contributed by atoms with Gasteiger partial charge in [0.2, 0.25) is 0 Å². The van der Waals surface area contributed by atoms with Crippen LogP contribution < -0.4 is 14.5 Å². The molecule has 1 fully saturated rings. The highest BCUT2D eigenvalue weighted by atomic mass is 32.2. The van der Waals surface area contributed by atoms with Gasteiger partial charge in [-0.3, -0.25) is 14.5 Å². The van der Waals surface area contributed by atoms with E-state index >= 15 is 0 Å². The van der Waals surface area contributed by atoms with Crippen molar-refractivity contribution in [3.63, 3.8) is 0 Å². The average Bonchev–Trinajstić information content (AvgIpc) is 3.24. The number of benzene rings is 1. The summed E-state index contributed by atoms with van der Waals surface area (Å²) in [4.78, 5) is 17.6. The summed E-state index contributed by atoms with van der Waals surface area (Å²) in [6.45, 7) is 4.31. The summed E-state index contributed by atoms with van der Waals surface area (Å²) in [5, 5.41) is 1.54. The zero-order valence-corrected chi connectivity index (χ0v) is 19.0. The van der Waals surface area contributed by atoms with Crippen molar-refractivity contribution in [1.29, 1.82) is 0 Å². The molecule has 0 N–H and O–H groups in total. The zero-order valence-electron chi connectivity index (χ0n) is 17.4. The summed E-state index contributed by atoms with van der Waals surface area (Å²) in [5.41, 5.74) is 3.75. The predicted molar refractivity (Wildman–Crippen MR) is 127 cm³/mol. The van der Waals surface area contributed by atoms with Gasteiger partial charge < -0.3 is 9.47 Å². The highest BCUT2D eigenvalue weighted by Gasteiger charge is 2.34. The lowest BCUT2D eigenvalue weighted by atomic mass is 10.2. The van der Waals surface area contributed by atoms with Gasteiger partial charge >= 0.3 is 0 Å². The van der Waals surface area contributed by atoms with E-state index in [9.17, 15) is 4.79 Å². The normalized spacial score (nSPS) is 15.1. The van der Waals surface area contributed by atoms with Gasteiger partial charge in [0.1, 0.15) is 6.61 Å². The summed E-state index contributed by atoms with van der Waals surface area (Å²) in [5.74, 6) is 1.08. The number of nitrogens with zero attached hydrogens (tertiary/aromatic N) is 3. The summed E-state index contributed by atoms with van der Waals surface area (Å²) >= 11 is 6.77. The Hall–Kier alpha value is -3.10. The number of carbonyl (C=O) groups excluding carboxylic acids is 1. The molecule has 0 saturated carbocycles. The number of pyridine rings is 1. The molecule has 31 heavy (non-hydrogen) atoms. The number of hydrogen-bond donors (Lipinski definition) is 0. The second-order valence-electron chi connectivity index (χ2n) is 6.98. The van der Waals surface area contributed by atoms with Crippen molar-refractivity contribution in [1.82, 2.24) is 9.66 Å². The van der Waals surface area contributed by atoms with E-state index in [1.807, 2.05) is 67.1 Å². The molecule has 1 aliphatic rings. The molecule has 0 unspecified atom stereocenters. The van der Waals surface area contributed by atoms with E-state index in [2.05, 4.69) is 4.98 Å². The highest BCUT2D eigenvalue weighted by molar-refractivity contribution is 8.27. The Morgan fingerprint density at radius 3 is 2.45 bits per heavy atom. The highest BCUT2D eigenvalue weighted by Crippen LogP contribution is 2.35. The van der Waals surface area contributed by atoms with Crippen LogP contribution in [0.5, 0.6) is 11.5 Å². The third-order valence-electron chi connectivity index (χ3n) is 4.84. The molecule has 1 saturated heterocycles. The first kappa shape index (κ1) is 21.1.